The first-order valence-corrected chi connectivity index (χ1v) is 8.79. The van der Waals surface area contributed by atoms with Gasteiger partial charge in [-0.1, -0.05) is 6.92 Å². The van der Waals surface area contributed by atoms with E-state index in [1.807, 2.05) is 6.92 Å². The maximum Gasteiger partial charge on any atom is 0.472 e. The van der Waals surface area contributed by atoms with Crippen LogP contribution in [-0.4, -0.2) is 43.7 Å². The van der Waals surface area contributed by atoms with Crippen molar-refractivity contribution in [1.29, 1.82) is 0 Å². The maximum absolute atomic E-state index is 11.8. The summed E-state index contributed by atoms with van der Waals surface area (Å²) in [4.78, 5) is 31.8. The van der Waals surface area contributed by atoms with Gasteiger partial charge in [0, 0.05) is 13.5 Å². The molecule has 1 fully saturated rings. The summed E-state index contributed by atoms with van der Waals surface area (Å²) in [6.07, 6.45) is 0.631. The molecular formula is C12H18N5O6P. The molecule has 3 heterocycles. The largest absolute Gasteiger partial charge is 0.472 e. The molecule has 11 nitrogen and oxygen atoms in total. The first kappa shape index (κ1) is 17.1. The van der Waals surface area contributed by atoms with E-state index in [0.29, 0.717) is 6.42 Å². The minimum absolute atomic E-state index is 0.0358. The third-order valence-corrected chi connectivity index (χ3v) is 4.84. The SMILES string of the molecule is CC[C@H]1OC(n2cnc3c(=O)[nH]c(N)nc32)C[C@H]1OP(=O)(O)OC. The normalized spacial score (nSPS) is 26.7. The number of anilines is 1. The van der Waals surface area contributed by atoms with Gasteiger partial charge in [0.15, 0.2) is 11.2 Å². The van der Waals surface area contributed by atoms with E-state index in [-0.39, 0.29) is 23.5 Å². The third kappa shape index (κ3) is 3.08. The number of hydrogen-bond donors (Lipinski definition) is 3. The number of nitrogens with zero attached hydrogens (tertiary/aromatic N) is 3. The number of phosphoric acid groups is 1. The lowest BCUT2D eigenvalue weighted by Crippen LogP contribution is -2.22. The predicted molar refractivity (Wildman–Crippen MR) is 83.1 cm³/mol. The van der Waals surface area contributed by atoms with Gasteiger partial charge in [0.1, 0.15) is 6.23 Å². The zero-order valence-corrected chi connectivity index (χ0v) is 14.0. The van der Waals surface area contributed by atoms with Gasteiger partial charge in [0.05, 0.1) is 18.5 Å². The number of rotatable bonds is 5. The highest BCUT2D eigenvalue weighted by molar-refractivity contribution is 7.47. The smallest absolute Gasteiger partial charge is 0.369 e. The highest BCUT2D eigenvalue weighted by atomic mass is 31.2. The van der Waals surface area contributed by atoms with Crippen molar-refractivity contribution in [2.75, 3.05) is 12.8 Å². The third-order valence-electron chi connectivity index (χ3n) is 3.84. The summed E-state index contributed by atoms with van der Waals surface area (Å²) in [5.41, 5.74) is 5.53. The Labute approximate surface area is 136 Å². The fraction of sp³-hybridized carbons (Fsp3) is 0.583. The Morgan fingerprint density at radius 1 is 1.62 bits per heavy atom. The molecule has 1 saturated heterocycles. The summed E-state index contributed by atoms with van der Waals surface area (Å²) < 4.78 is 28.7. The average Bonchev–Trinajstić information content (AvgIpc) is 3.10. The standard InChI is InChI=1S/C12H18N5O6P/c1-3-6-7(23-24(19,20)21-2)4-8(22-6)17-5-14-9-10(17)15-12(13)16-11(9)18/h5-8H,3-4H2,1-2H3,(H,19,20)(H3,13,15,16,18)/t6-,7-,8?/m1/s1. The summed E-state index contributed by atoms with van der Waals surface area (Å²) in [5.74, 6) is -0.0358. The molecule has 2 aromatic heterocycles. The van der Waals surface area contributed by atoms with E-state index >= 15 is 0 Å². The first-order valence-electron chi connectivity index (χ1n) is 7.29. The number of imidazole rings is 1. The van der Waals surface area contributed by atoms with E-state index in [0.717, 1.165) is 7.11 Å². The fourth-order valence-electron chi connectivity index (χ4n) is 2.71. The molecular weight excluding hydrogens is 341 g/mol. The molecule has 132 valence electrons. The van der Waals surface area contributed by atoms with Crippen LogP contribution in [0.4, 0.5) is 5.95 Å². The quantitative estimate of drug-likeness (QED) is 0.648. The van der Waals surface area contributed by atoms with Crippen LogP contribution >= 0.6 is 7.82 Å². The van der Waals surface area contributed by atoms with Crippen molar-refractivity contribution in [2.24, 2.45) is 0 Å². The number of H-pyrrole nitrogens is 1. The lowest BCUT2D eigenvalue weighted by atomic mass is 10.1. The van der Waals surface area contributed by atoms with Gasteiger partial charge in [-0.3, -0.25) is 23.4 Å². The van der Waals surface area contributed by atoms with E-state index < -0.39 is 31.8 Å². The second-order valence-electron chi connectivity index (χ2n) is 5.34. The van der Waals surface area contributed by atoms with Crippen LogP contribution in [0.5, 0.6) is 0 Å². The van der Waals surface area contributed by atoms with E-state index in [1.54, 1.807) is 4.57 Å². The van der Waals surface area contributed by atoms with Gasteiger partial charge in [0.25, 0.3) is 5.56 Å². The average molecular weight is 359 g/mol. The summed E-state index contributed by atoms with van der Waals surface area (Å²) >= 11 is 0. The van der Waals surface area contributed by atoms with Crippen LogP contribution in [0.2, 0.25) is 0 Å². The second-order valence-corrected chi connectivity index (χ2v) is 6.86. The van der Waals surface area contributed by atoms with Gasteiger partial charge < -0.3 is 15.4 Å². The number of aromatic nitrogens is 4. The molecule has 12 heteroatoms. The summed E-state index contributed by atoms with van der Waals surface area (Å²) in [5, 5.41) is 0. The van der Waals surface area contributed by atoms with Crippen LogP contribution in [0.1, 0.15) is 26.0 Å². The molecule has 0 aliphatic carbocycles. The van der Waals surface area contributed by atoms with Gasteiger partial charge in [0.2, 0.25) is 5.95 Å². The molecule has 0 bridgehead atoms. The zero-order chi connectivity index (χ0) is 17.5. The van der Waals surface area contributed by atoms with Gasteiger partial charge in [-0.05, 0) is 6.42 Å². The number of nitrogens with two attached hydrogens (primary N) is 1. The van der Waals surface area contributed by atoms with E-state index in [1.165, 1.54) is 6.33 Å². The number of ether oxygens (including phenoxy) is 1. The Hall–Kier alpha value is -1.78. The number of fused-ring (bicyclic) bond motifs is 1. The molecule has 2 aromatic rings. The van der Waals surface area contributed by atoms with Crippen molar-refractivity contribution in [2.45, 2.75) is 38.2 Å². The molecule has 1 aliphatic rings. The summed E-state index contributed by atoms with van der Waals surface area (Å²) in [6.45, 7) is 1.87. The van der Waals surface area contributed by atoms with Crippen molar-refractivity contribution >= 4 is 24.9 Å². The molecule has 3 rings (SSSR count). The molecule has 0 spiro atoms. The van der Waals surface area contributed by atoms with Crippen molar-refractivity contribution in [3.05, 3.63) is 16.7 Å². The minimum atomic E-state index is -4.14. The second kappa shape index (κ2) is 6.26. The van der Waals surface area contributed by atoms with E-state index in [2.05, 4.69) is 19.5 Å². The predicted octanol–water partition coefficient (Wildman–Crippen LogP) is 0.531. The van der Waals surface area contributed by atoms with Crippen LogP contribution in [0.15, 0.2) is 11.1 Å². The molecule has 24 heavy (non-hydrogen) atoms. The maximum atomic E-state index is 11.8. The van der Waals surface area contributed by atoms with Crippen LogP contribution < -0.4 is 11.3 Å². The lowest BCUT2D eigenvalue weighted by Gasteiger charge is -2.18. The van der Waals surface area contributed by atoms with Gasteiger partial charge in [-0.15, -0.1) is 0 Å². The van der Waals surface area contributed by atoms with Crippen LogP contribution in [0.25, 0.3) is 11.2 Å². The molecule has 1 aliphatic heterocycles. The van der Waals surface area contributed by atoms with Crippen molar-refractivity contribution in [3.8, 4) is 0 Å². The lowest BCUT2D eigenvalue weighted by molar-refractivity contribution is -0.0189. The van der Waals surface area contributed by atoms with Crippen molar-refractivity contribution in [3.63, 3.8) is 0 Å². The molecule has 4 atom stereocenters. The van der Waals surface area contributed by atoms with Crippen molar-refractivity contribution in [1.82, 2.24) is 19.5 Å². The minimum Gasteiger partial charge on any atom is -0.369 e. The van der Waals surface area contributed by atoms with Crippen LogP contribution in [0.3, 0.4) is 0 Å². The number of hydrogen-bond acceptors (Lipinski definition) is 8. The monoisotopic (exact) mass is 359 g/mol. The Morgan fingerprint density at radius 3 is 3.04 bits per heavy atom. The highest BCUT2D eigenvalue weighted by Crippen LogP contribution is 2.48. The van der Waals surface area contributed by atoms with Crippen LogP contribution in [-0.2, 0) is 18.3 Å². The highest BCUT2D eigenvalue weighted by Gasteiger charge is 2.40. The topological polar surface area (TPSA) is 155 Å². The molecule has 0 radical (unpaired) electrons. The Morgan fingerprint density at radius 2 is 2.38 bits per heavy atom. The molecule has 2 unspecified atom stereocenters. The van der Waals surface area contributed by atoms with Gasteiger partial charge >= 0.3 is 7.82 Å². The van der Waals surface area contributed by atoms with Crippen molar-refractivity contribution < 1.29 is 23.2 Å². The Bertz CT molecular complexity index is 850. The van der Waals surface area contributed by atoms with Gasteiger partial charge in [-0.2, -0.15) is 4.98 Å². The van der Waals surface area contributed by atoms with E-state index in [9.17, 15) is 14.3 Å². The first-order chi connectivity index (χ1) is 11.3. The number of phosphoric ester groups is 1. The molecule has 0 aromatic carbocycles. The fourth-order valence-corrected chi connectivity index (χ4v) is 3.36. The Kier molecular flexibility index (Phi) is 4.45. The molecule has 0 amide bonds. The Balaban J connectivity index is 1.91. The number of nitrogens with one attached hydrogen (secondary N) is 1. The number of nitrogen functional groups attached to an aromatic ring is 1. The summed E-state index contributed by atoms with van der Waals surface area (Å²) in [7, 11) is -3.04. The van der Waals surface area contributed by atoms with Crippen LogP contribution in [0, 0.1) is 0 Å². The number of aromatic amines is 1. The molecule has 4 N–H and O–H groups in total. The summed E-state index contributed by atoms with van der Waals surface area (Å²) in [6, 6.07) is 0. The van der Waals surface area contributed by atoms with Gasteiger partial charge in [-0.25, -0.2) is 9.55 Å². The molecule has 0 saturated carbocycles. The zero-order valence-electron chi connectivity index (χ0n) is 13.1. The van der Waals surface area contributed by atoms with E-state index in [4.69, 9.17) is 15.0 Å².